The molecule has 7 heteroatoms. The summed E-state index contributed by atoms with van der Waals surface area (Å²) < 4.78 is 6.01. The van der Waals surface area contributed by atoms with Crippen LogP contribution < -0.4 is 11.1 Å². The van der Waals surface area contributed by atoms with Crippen molar-refractivity contribution >= 4 is 17.8 Å². The number of hydrogen-bond acceptors (Lipinski definition) is 5. The lowest BCUT2D eigenvalue weighted by Crippen LogP contribution is -2.40. The van der Waals surface area contributed by atoms with Gasteiger partial charge in [0.15, 0.2) is 0 Å². The molecule has 0 spiro atoms. The van der Waals surface area contributed by atoms with Crippen molar-refractivity contribution in [3.63, 3.8) is 0 Å². The number of carbonyl (C=O) groups excluding carboxylic acids is 2. The molecule has 292 valence electrons. The average Bonchev–Trinajstić information content (AvgIpc) is 3.10. The minimum absolute atomic E-state index is 0.0246. The normalized spacial score (nSPS) is 12.9. The van der Waals surface area contributed by atoms with E-state index in [1.807, 2.05) is 0 Å². The monoisotopic (exact) mass is 705 g/mol. The van der Waals surface area contributed by atoms with E-state index >= 15 is 0 Å². The number of nitrogens with one attached hydrogen (secondary N) is 1. The Kier molecular flexibility index (Phi) is 36.5. The van der Waals surface area contributed by atoms with Gasteiger partial charge in [0.25, 0.3) is 0 Å². The number of unbranched alkanes of at least 4 members (excludes halogenated alkanes) is 20. The van der Waals surface area contributed by atoms with Gasteiger partial charge in [0.1, 0.15) is 12.1 Å². The number of ether oxygens (including phenoxy) is 1. The predicted molar refractivity (Wildman–Crippen MR) is 211 cm³/mol. The van der Waals surface area contributed by atoms with Crippen LogP contribution in [0.15, 0.2) is 24.3 Å². The highest BCUT2D eigenvalue weighted by Crippen LogP contribution is 2.18. The van der Waals surface area contributed by atoms with Crippen LogP contribution in [0.4, 0.5) is 0 Å². The van der Waals surface area contributed by atoms with E-state index in [0.29, 0.717) is 32.2 Å². The second-order valence-electron chi connectivity index (χ2n) is 14.4. The van der Waals surface area contributed by atoms with Crippen molar-refractivity contribution in [3.8, 4) is 0 Å². The standard InChI is InChI=1S/C43H80N2O5/c1-3-5-7-9-11-13-15-16-18-19-21-24-28-33-39(50-42(47)37-31-27-22-20-17-14-12-10-8-6-4-2)34-29-25-23-26-30-36-41(46)45-40(43(48)49)35-32-38-44/h15-16,19,21,39-40H,3-14,17-18,20,22-38,44H2,1-2H3,(H,45,46)(H,48,49)/b16-15-,21-19-. The highest BCUT2D eigenvalue weighted by molar-refractivity contribution is 5.83. The molecule has 0 aromatic carbocycles. The van der Waals surface area contributed by atoms with Crippen LogP contribution in [0.25, 0.3) is 0 Å². The third-order valence-electron chi connectivity index (χ3n) is 9.52. The zero-order valence-corrected chi connectivity index (χ0v) is 32.7. The lowest BCUT2D eigenvalue weighted by Gasteiger charge is -2.18. The minimum Gasteiger partial charge on any atom is -0.480 e. The minimum atomic E-state index is -1.01. The van der Waals surface area contributed by atoms with E-state index in [4.69, 9.17) is 10.5 Å². The zero-order chi connectivity index (χ0) is 36.8. The Morgan fingerprint density at radius 1 is 0.580 bits per heavy atom. The van der Waals surface area contributed by atoms with Crippen LogP contribution in [-0.2, 0) is 19.1 Å². The molecule has 0 fully saturated rings. The molecule has 0 rings (SSSR count). The molecule has 0 heterocycles. The van der Waals surface area contributed by atoms with Crippen LogP contribution in [0, 0.1) is 0 Å². The van der Waals surface area contributed by atoms with Gasteiger partial charge in [0, 0.05) is 12.8 Å². The summed E-state index contributed by atoms with van der Waals surface area (Å²) in [6, 6.07) is -0.858. The van der Waals surface area contributed by atoms with Gasteiger partial charge >= 0.3 is 11.9 Å². The number of aliphatic carboxylic acids is 1. The zero-order valence-electron chi connectivity index (χ0n) is 32.7. The van der Waals surface area contributed by atoms with Gasteiger partial charge in [-0.1, -0.05) is 147 Å². The molecule has 7 nitrogen and oxygen atoms in total. The number of carboxylic acid groups (broad SMARTS) is 1. The van der Waals surface area contributed by atoms with Crippen LogP contribution >= 0.6 is 0 Å². The van der Waals surface area contributed by atoms with Crippen LogP contribution in [0.5, 0.6) is 0 Å². The van der Waals surface area contributed by atoms with Crippen LogP contribution in [0.2, 0.25) is 0 Å². The number of carbonyl (C=O) groups is 3. The Balaban J connectivity index is 4.40. The molecule has 0 aromatic rings. The average molecular weight is 705 g/mol. The number of allylic oxidation sites excluding steroid dienone is 4. The van der Waals surface area contributed by atoms with Gasteiger partial charge in [-0.3, -0.25) is 9.59 Å². The SMILES string of the molecule is CCCCCCC/C=C\C/C=C\CCCC(CCCCCCCC(=O)NC(CCCN)C(=O)O)OC(=O)CCCCCCCCCCCCC. The first-order chi connectivity index (χ1) is 24.4. The molecule has 0 aromatic heterocycles. The highest BCUT2D eigenvalue weighted by Gasteiger charge is 2.19. The number of carboxylic acids is 1. The van der Waals surface area contributed by atoms with Gasteiger partial charge in [-0.25, -0.2) is 4.79 Å². The maximum Gasteiger partial charge on any atom is 0.326 e. The summed E-state index contributed by atoms with van der Waals surface area (Å²) >= 11 is 0. The van der Waals surface area contributed by atoms with Gasteiger partial charge in [0.2, 0.25) is 5.91 Å². The van der Waals surface area contributed by atoms with Crippen molar-refractivity contribution in [1.82, 2.24) is 5.32 Å². The fraction of sp³-hybridized carbons (Fsp3) is 0.837. The third-order valence-corrected chi connectivity index (χ3v) is 9.52. The summed E-state index contributed by atoms with van der Waals surface area (Å²) in [5.41, 5.74) is 5.48. The van der Waals surface area contributed by atoms with Crippen LogP contribution in [0.3, 0.4) is 0 Å². The number of rotatable bonds is 38. The van der Waals surface area contributed by atoms with E-state index in [1.54, 1.807) is 0 Å². The fourth-order valence-electron chi connectivity index (χ4n) is 6.31. The quantitative estimate of drug-likeness (QED) is 0.0334. The molecule has 2 unspecified atom stereocenters. The summed E-state index contributed by atoms with van der Waals surface area (Å²) in [5, 5.41) is 11.9. The van der Waals surface area contributed by atoms with E-state index in [-0.39, 0.29) is 18.0 Å². The fourth-order valence-corrected chi connectivity index (χ4v) is 6.31. The van der Waals surface area contributed by atoms with Crippen molar-refractivity contribution in [2.45, 2.75) is 225 Å². The topological polar surface area (TPSA) is 119 Å². The first kappa shape index (κ1) is 47.8. The van der Waals surface area contributed by atoms with Gasteiger partial charge in [-0.05, 0) is 83.6 Å². The van der Waals surface area contributed by atoms with Crippen LogP contribution in [-0.4, -0.2) is 41.6 Å². The maximum absolute atomic E-state index is 12.7. The molecule has 4 N–H and O–H groups in total. The van der Waals surface area contributed by atoms with Crippen molar-refractivity contribution in [1.29, 1.82) is 0 Å². The molecule has 0 saturated heterocycles. The largest absolute Gasteiger partial charge is 0.480 e. The van der Waals surface area contributed by atoms with E-state index in [2.05, 4.69) is 43.5 Å². The molecular weight excluding hydrogens is 624 g/mol. The number of nitrogens with two attached hydrogens (primary N) is 1. The van der Waals surface area contributed by atoms with Crippen molar-refractivity contribution < 1.29 is 24.2 Å². The van der Waals surface area contributed by atoms with Gasteiger partial charge < -0.3 is 20.9 Å². The van der Waals surface area contributed by atoms with E-state index < -0.39 is 12.0 Å². The second-order valence-corrected chi connectivity index (χ2v) is 14.4. The molecular formula is C43H80N2O5. The Bertz CT molecular complexity index is 843. The molecule has 50 heavy (non-hydrogen) atoms. The first-order valence-electron chi connectivity index (χ1n) is 21.2. The Labute approximate surface area is 308 Å². The van der Waals surface area contributed by atoms with Gasteiger partial charge in [-0.15, -0.1) is 0 Å². The van der Waals surface area contributed by atoms with E-state index in [0.717, 1.165) is 77.0 Å². The molecule has 0 aliphatic carbocycles. The molecule has 0 bridgehead atoms. The maximum atomic E-state index is 12.7. The molecule has 1 amide bonds. The van der Waals surface area contributed by atoms with Crippen molar-refractivity contribution in [3.05, 3.63) is 24.3 Å². The van der Waals surface area contributed by atoms with E-state index in [9.17, 15) is 19.5 Å². The smallest absolute Gasteiger partial charge is 0.326 e. The summed E-state index contributed by atoms with van der Waals surface area (Å²) in [6.07, 6.45) is 42.2. The van der Waals surface area contributed by atoms with Crippen LogP contribution in [0.1, 0.15) is 213 Å². The lowest BCUT2D eigenvalue weighted by molar-refractivity contribution is -0.150. The lowest BCUT2D eigenvalue weighted by atomic mass is 10.0. The molecule has 0 radical (unpaired) electrons. The summed E-state index contributed by atoms with van der Waals surface area (Å²) in [7, 11) is 0. The molecule has 0 saturated carbocycles. The van der Waals surface area contributed by atoms with Gasteiger partial charge in [0.05, 0.1) is 0 Å². The van der Waals surface area contributed by atoms with Gasteiger partial charge in [-0.2, -0.15) is 0 Å². The Hall–Kier alpha value is -2.15. The van der Waals surface area contributed by atoms with Crippen molar-refractivity contribution in [2.24, 2.45) is 5.73 Å². The number of hydrogen-bond donors (Lipinski definition) is 3. The number of amides is 1. The summed E-state index contributed by atoms with van der Waals surface area (Å²) in [4.78, 5) is 36.3. The van der Waals surface area contributed by atoms with Crippen molar-refractivity contribution in [2.75, 3.05) is 6.54 Å². The third kappa shape index (κ3) is 34.3. The predicted octanol–water partition coefficient (Wildman–Crippen LogP) is 11.7. The first-order valence-corrected chi connectivity index (χ1v) is 21.2. The Morgan fingerprint density at radius 3 is 1.62 bits per heavy atom. The van der Waals surface area contributed by atoms with E-state index in [1.165, 1.54) is 96.3 Å². The molecule has 0 aliphatic rings. The number of esters is 1. The summed E-state index contributed by atoms with van der Waals surface area (Å²) in [5.74, 6) is -1.26. The summed E-state index contributed by atoms with van der Waals surface area (Å²) in [6.45, 7) is 4.93. The second kappa shape index (κ2) is 38.1. The Morgan fingerprint density at radius 2 is 1.06 bits per heavy atom. The highest BCUT2D eigenvalue weighted by atomic mass is 16.5. The molecule has 2 atom stereocenters. The molecule has 0 aliphatic heterocycles.